The van der Waals surface area contributed by atoms with Crippen molar-refractivity contribution in [1.82, 2.24) is 0 Å². The summed E-state index contributed by atoms with van der Waals surface area (Å²) in [6, 6.07) is 2.95. The predicted molar refractivity (Wildman–Crippen MR) is 130 cm³/mol. The smallest absolute Gasteiger partial charge is 0.338 e. The minimum absolute atomic E-state index is 0.0248. The predicted octanol–water partition coefficient (Wildman–Crippen LogP) is 6.91. The molecule has 0 heterocycles. The van der Waals surface area contributed by atoms with Crippen LogP contribution in [0, 0.1) is 20.8 Å². The van der Waals surface area contributed by atoms with Crippen LogP contribution in [-0.2, 0) is 16.0 Å². The van der Waals surface area contributed by atoms with Gasteiger partial charge < -0.3 is 4.74 Å². The zero-order valence-corrected chi connectivity index (χ0v) is 21.1. The number of carbonyl (C=O) groups is 2. The molecule has 0 saturated carbocycles. The van der Waals surface area contributed by atoms with Crippen molar-refractivity contribution < 1.29 is 14.3 Å². The van der Waals surface area contributed by atoms with Crippen molar-refractivity contribution in [1.29, 1.82) is 0 Å². The van der Waals surface area contributed by atoms with Gasteiger partial charge >= 0.3 is 5.97 Å². The highest BCUT2D eigenvalue weighted by atomic mass is 28.3. The van der Waals surface area contributed by atoms with Crippen LogP contribution in [0.25, 0.3) is 0 Å². The molecule has 0 radical (unpaired) electrons. The third kappa shape index (κ3) is 9.25. The van der Waals surface area contributed by atoms with Gasteiger partial charge in [0.25, 0.3) is 0 Å². The lowest BCUT2D eigenvalue weighted by Crippen LogP contribution is -2.23. The third-order valence-electron chi connectivity index (χ3n) is 5.24. The lowest BCUT2D eigenvalue weighted by molar-refractivity contribution is -0.114. The molecule has 0 bridgehead atoms. The van der Waals surface area contributed by atoms with Crippen LogP contribution in [0.15, 0.2) is 30.4 Å². The van der Waals surface area contributed by atoms with E-state index in [2.05, 4.69) is 38.7 Å². The summed E-state index contributed by atoms with van der Waals surface area (Å²) in [6.45, 7) is 15.3. The SMILES string of the molecule is CCC/C=C/CC/C=C/C(=O)Cc1c(C)c(C)cc(C)c1C(=O)OCC[Si](C)(C)C. The van der Waals surface area contributed by atoms with E-state index in [0.29, 0.717) is 12.2 Å². The molecule has 0 N–H and O–H groups in total. The molecule has 1 aromatic carbocycles. The molecule has 0 spiro atoms. The Kier molecular flexibility index (Phi) is 11.0. The first-order valence-corrected chi connectivity index (χ1v) is 14.9. The summed E-state index contributed by atoms with van der Waals surface area (Å²) in [6.07, 6.45) is 12.2. The van der Waals surface area contributed by atoms with Gasteiger partial charge in [-0.1, -0.05) is 57.3 Å². The van der Waals surface area contributed by atoms with Gasteiger partial charge in [0.05, 0.1) is 12.2 Å². The Labute approximate surface area is 184 Å². The van der Waals surface area contributed by atoms with E-state index in [1.165, 1.54) is 0 Å². The molecule has 4 heteroatoms. The second kappa shape index (κ2) is 12.7. The fourth-order valence-corrected chi connectivity index (χ4v) is 3.95. The molecule has 3 nitrogen and oxygen atoms in total. The Hall–Kier alpha value is -1.94. The van der Waals surface area contributed by atoms with Crippen molar-refractivity contribution in [2.24, 2.45) is 0 Å². The average molecular weight is 429 g/mol. The van der Waals surface area contributed by atoms with Crippen molar-refractivity contribution in [2.45, 2.75) is 85.5 Å². The van der Waals surface area contributed by atoms with Crippen LogP contribution in [0.3, 0.4) is 0 Å². The molecule has 1 rings (SSSR count). The minimum atomic E-state index is -1.27. The second-order valence-corrected chi connectivity index (χ2v) is 14.9. The molecular formula is C26H40O3Si. The van der Waals surface area contributed by atoms with Crippen LogP contribution in [0.2, 0.25) is 25.7 Å². The average Bonchev–Trinajstić information content (AvgIpc) is 2.64. The Morgan fingerprint density at radius 2 is 1.60 bits per heavy atom. The molecule has 0 amide bonds. The molecule has 0 atom stereocenters. The lowest BCUT2D eigenvalue weighted by Gasteiger charge is -2.18. The Morgan fingerprint density at radius 1 is 0.967 bits per heavy atom. The Bertz CT molecular complexity index is 782. The van der Waals surface area contributed by atoms with E-state index in [1.54, 1.807) is 6.08 Å². The monoisotopic (exact) mass is 428 g/mol. The van der Waals surface area contributed by atoms with Crippen molar-refractivity contribution in [3.63, 3.8) is 0 Å². The van der Waals surface area contributed by atoms with Crippen molar-refractivity contribution in [3.8, 4) is 0 Å². The first-order valence-electron chi connectivity index (χ1n) is 11.2. The Morgan fingerprint density at radius 3 is 2.23 bits per heavy atom. The third-order valence-corrected chi connectivity index (χ3v) is 6.94. The normalized spacial score (nSPS) is 12.1. The molecular weight excluding hydrogens is 388 g/mol. The van der Waals surface area contributed by atoms with E-state index in [0.717, 1.165) is 54.0 Å². The number of allylic oxidation sites excluding steroid dienone is 4. The molecule has 0 aromatic heterocycles. The topological polar surface area (TPSA) is 43.4 Å². The molecule has 30 heavy (non-hydrogen) atoms. The van der Waals surface area contributed by atoms with Gasteiger partial charge in [0.15, 0.2) is 5.78 Å². The number of benzene rings is 1. The summed E-state index contributed by atoms with van der Waals surface area (Å²) in [5, 5.41) is 0. The molecule has 166 valence electrons. The number of aryl methyl sites for hydroxylation is 2. The number of ketones is 1. The number of unbranched alkanes of at least 4 members (excludes halogenated alkanes) is 2. The molecule has 0 fully saturated rings. The van der Waals surface area contributed by atoms with Gasteiger partial charge in [-0.2, -0.15) is 0 Å². The van der Waals surface area contributed by atoms with E-state index in [4.69, 9.17) is 4.74 Å². The highest BCUT2D eigenvalue weighted by molar-refractivity contribution is 6.76. The maximum absolute atomic E-state index is 12.9. The quantitative estimate of drug-likeness (QED) is 0.119. The molecule has 0 unspecified atom stereocenters. The van der Waals surface area contributed by atoms with E-state index in [1.807, 2.05) is 32.9 Å². The number of ether oxygens (including phenoxy) is 1. The van der Waals surface area contributed by atoms with Gasteiger partial charge in [0.1, 0.15) is 0 Å². The lowest BCUT2D eigenvalue weighted by atomic mass is 9.90. The number of esters is 1. The van der Waals surface area contributed by atoms with Crippen LogP contribution in [0.4, 0.5) is 0 Å². The molecule has 0 aliphatic heterocycles. The summed E-state index contributed by atoms with van der Waals surface area (Å²) in [4.78, 5) is 25.5. The highest BCUT2D eigenvalue weighted by Gasteiger charge is 2.22. The molecule has 0 aliphatic carbocycles. The van der Waals surface area contributed by atoms with Crippen LogP contribution in [0.1, 0.15) is 65.2 Å². The largest absolute Gasteiger partial charge is 0.462 e. The number of hydrogen-bond donors (Lipinski definition) is 0. The van der Waals surface area contributed by atoms with E-state index < -0.39 is 8.07 Å². The number of carbonyl (C=O) groups excluding carboxylic acids is 2. The summed E-state index contributed by atoms with van der Waals surface area (Å²) in [5.74, 6) is -0.279. The Balaban J connectivity index is 2.89. The zero-order chi connectivity index (χ0) is 22.7. The van der Waals surface area contributed by atoms with Gasteiger partial charge in [-0.05, 0) is 74.4 Å². The first-order chi connectivity index (χ1) is 14.1. The maximum Gasteiger partial charge on any atom is 0.338 e. The fourth-order valence-electron chi connectivity index (χ4n) is 3.24. The van der Waals surface area contributed by atoms with Crippen LogP contribution in [0.5, 0.6) is 0 Å². The van der Waals surface area contributed by atoms with Gasteiger partial charge in [0, 0.05) is 14.5 Å². The minimum Gasteiger partial charge on any atom is -0.462 e. The van der Waals surface area contributed by atoms with Crippen LogP contribution in [-0.4, -0.2) is 26.4 Å². The van der Waals surface area contributed by atoms with Gasteiger partial charge in [-0.15, -0.1) is 0 Å². The van der Waals surface area contributed by atoms with Crippen molar-refractivity contribution in [2.75, 3.05) is 6.61 Å². The first kappa shape index (κ1) is 26.1. The van der Waals surface area contributed by atoms with Crippen molar-refractivity contribution >= 4 is 19.8 Å². The van der Waals surface area contributed by atoms with Crippen LogP contribution < -0.4 is 0 Å². The van der Waals surface area contributed by atoms with Gasteiger partial charge in [-0.3, -0.25) is 4.79 Å². The van der Waals surface area contributed by atoms with Crippen molar-refractivity contribution in [3.05, 3.63) is 58.2 Å². The zero-order valence-electron chi connectivity index (χ0n) is 20.1. The molecule has 0 saturated heterocycles. The van der Waals surface area contributed by atoms with Crippen LogP contribution >= 0.6 is 0 Å². The van der Waals surface area contributed by atoms with Gasteiger partial charge in [-0.25, -0.2) is 4.79 Å². The van der Waals surface area contributed by atoms with E-state index in [9.17, 15) is 9.59 Å². The second-order valence-electron chi connectivity index (χ2n) is 9.32. The summed E-state index contributed by atoms with van der Waals surface area (Å²) < 4.78 is 5.61. The summed E-state index contributed by atoms with van der Waals surface area (Å²) in [7, 11) is -1.27. The fraction of sp³-hybridized carbons (Fsp3) is 0.538. The number of hydrogen-bond acceptors (Lipinski definition) is 3. The molecule has 1 aromatic rings. The highest BCUT2D eigenvalue weighted by Crippen LogP contribution is 2.24. The molecule has 0 aliphatic rings. The number of rotatable bonds is 12. The van der Waals surface area contributed by atoms with Gasteiger partial charge in [0.2, 0.25) is 0 Å². The standard InChI is InChI=1S/C26H40O3Si/c1-8-9-10-11-12-13-14-15-23(27)19-24-22(4)20(2)18-21(3)25(24)26(28)29-16-17-30(5,6)7/h10-11,14-15,18H,8-9,12-13,16-17,19H2,1-7H3/b11-10+,15-14+. The van der Waals surface area contributed by atoms with E-state index in [-0.39, 0.29) is 18.2 Å². The maximum atomic E-state index is 12.9. The van der Waals surface area contributed by atoms with E-state index >= 15 is 0 Å². The summed E-state index contributed by atoms with van der Waals surface area (Å²) in [5.41, 5.74) is 4.35. The summed E-state index contributed by atoms with van der Waals surface area (Å²) >= 11 is 0.